The van der Waals surface area contributed by atoms with Crippen molar-refractivity contribution in [2.45, 2.75) is 32.2 Å². The molecule has 2 N–H and O–H groups in total. The van der Waals surface area contributed by atoms with Crippen LogP contribution in [0.5, 0.6) is 0 Å². The maximum Gasteiger partial charge on any atom is 0.0635 e. The highest BCUT2D eigenvalue weighted by Gasteiger charge is 2.21. The molecular weight excluding hydrogens is 162 g/mol. The molecule has 0 radical (unpaired) electrons. The second kappa shape index (κ2) is 5.21. The lowest BCUT2D eigenvalue weighted by Crippen LogP contribution is -2.39. The van der Waals surface area contributed by atoms with Crippen molar-refractivity contribution in [2.75, 3.05) is 19.6 Å². The van der Waals surface area contributed by atoms with E-state index in [4.69, 9.17) is 11.0 Å². The maximum atomic E-state index is 8.44. The second-order valence-corrected chi connectivity index (χ2v) is 3.95. The van der Waals surface area contributed by atoms with E-state index >= 15 is 0 Å². The van der Waals surface area contributed by atoms with Crippen LogP contribution in [-0.4, -0.2) is 30.6 Å². The van der Waals surface area contributed by atoms with Crippen LogP contribution in [0.2, 0.25) is 0 Å². The molecule has 1 unspecified atom stereocenters. The number of hydrogen-bond acceptors (Lipinski definition) is 3. The molecule has 0 saturated carbocycles. The Labute approximate surface area is 80.5 Å². The number of rotatable bonds is 3. The lowest BCUT2D eigenvalue weighted by molar-refractivity contribution is 0.175. The lowest BCUT2D eigenvalue weighted by atomic mass is 9.91. The minimum Gasteiger partial charge on any atom is -0.328 e. The van der Waals surface area contributed by atoms with Crippen molar-refractivity contribution < 1.29 is 0 Å². The van der Waals surface area contributed by atoms with Gasteiger partial charge >= 0.3 is 0 Å². The number of piperidine rings is 1. The van der Waals surface area contributed by atoms with Crippen LogP contribution < -0.4 is 5.73 Å². The van der Waals surface area contributed by atoms with E-state index < -0.39 is 0 Å². The summed E-state index contributed by atoms with van der Waals surface area (Å²) in [6.07, 6.45) is 3.05. The molecule has 0 aromatic heterocycles. The van der Waals surface area contributed by atoms with Crippen LogP contribution >= 0.6 is 0 Å². The molecule has 0 bridgehead atoms. The smallest absolute Gasteiger partial charge is 0.0635 e. The summed E-state index contributed by atoms with van der Waals surface area (Å²) >= 11 is 0. The first kappa shape index (κ1) is 10.5. The molecule has 1 aliphatic rings. The summed E-state index contributed by atoms with van der Waals surface area (Å²) in [6, 6.07) is 2.51. The molecule has 1 saturated heterocycles. The van der Waals surface area contributed by atoms with Crippen molar-refractivity contribution in [2.24, 2.45) is 11.7 Å². The topological polar surface area (TPSA) is 53.0 Å². The molecule has 0 aliphatic carbocycles. The Morgan fingerprint density at radius 2 is 2.15 bits per heavy atom. The van der Waals surface area contributed by atoms with Crippen molar-refractivity contribution in [3.05, 3.63) is 0 Å². The summed E-state index contributed by atoms with van der Waals surface area (Å²) in [5.74, 6) is 0.693. The van der Waals surface area contributed by atoms with E-state index in [1.165, 1.54) is 12.8 Å². The van der Waals surface area contributed by atoms with Gasteiger partial charge in [-0.25, -0.2) is 0 Å². The minimum atomic E-state index is 0.332. The van der Waals surface area contributed by atoms with Crippen molar-refractivity contribution in [1.82, 2.24) is 4.90 Å². The molecule has 1 heterocycles. The molecule has 0 aromatic rings. The molecule has 1 rings (SSSR count). The van der Waals surface area contributed by atoms with Crippen LogP contribution in [-0.2, 0) is 0 Å². The molecule has 13 heavy (non-hydrogen) atoms. The number of nitriles is 1. The lowest BCUT2D eigenvalue weighted by Gasteiger charge is -2.33. The molecule has 0 aromatic carbocycles. The minimum absolute atomic E-state index is 0.332. The van der Waals surface area contributed by atoms with Gasteiger partial charge in [-0.2, -0.15) is 5.26 Å². The average Bonchev–Trinajstić information content (AvgIpc) is 2.15. The zero-order valence-electron chi connectivity index (χ0n) is 8.37. The van der Waals surface area contributed by atoms with Crippen LogP contribution in [0.3, 0.4) is 0 Å². The van der Waals surface area contributed by atoms with Crippen molar-refractivity contribution in [3.8, 4) is 6.07 Å². The first-order valence-corrected chi connectivity index (χ1v) is 5.09. The third kappa shape index (κ3) is 3.33. The van der Waals surface area contributed by atoms with Crippen LogP contribution in [0, 0.1) is 17.2 Å². The molecular formula is C10H19N3. The van der Waals surface area contributed by atoms with E-state index in [2.05, 4.69) is 17.9 Å². The second-order valence-electron chi connectivity index (χ2n) is 3.95. The Hall–Kier alpha value is -0.590. The Kier molecular flexibility index (Phi) is 4.20. The summed E-state index contributed by atoms with van der Waals surface area (Å²) in [7, 11) is 0. The van der Waals surface area contributed by atoms with E-state index in [-0.39, 0.29) is 0 Å². The molecule has 74 valence electrons. The first-order valence-electron chi connectivity index (χ1n) is 5.09. The van der Waals surface area contributed by atoms with Gasteiger partial charge in [0.25, 0.3) is 0 Å². The highest BCUT2D eigenvalue weighted by Crippen LogP contribution is 2.19. The Morgan fingerprint density at radius 3 is 2.62 bits per heavy atom. The fraction of sp³-hybridized carbons (Fsp3) is 0.900. The Balaban J connectivity index is 2.19. The quantitative estimate of drug-likeness (QED) is 0.705. The summed E-state index contributed by atoms with van der Waals surface area (Å²) in [5, 5.41) is 8.44. The number of nitrogens with zero attached hydrogens (tertiary/aromatic N) is 2. The molecule has 1 atom stereocenters. The van der Waals surface area contributed by atoms with E-state index in [1.54, 1.807) is 0 Å². The highest BCUT2D eigenvalue weighted by atomic mass is 15.1. The van der Waals surface area contributed by atoms with Gasteiger partial charge in [0.1, 0.15) is 0 Å². The van der Waals surface area contributed by atoms with Crippen LogP contribution in [0.1, 0.15) is 26.2 Å². The molecule has 0 spiro atoms. The molecule has 3 heteroatoms. The van der Waals surface area contributed by atoms with Gasteiger partial charge in [-0.1, -0.05) is 0 Å². The monoisotopic (exact) mass is 181 g/mol. The van der Waals surface area contributed by atoms with Crippen molar-refractivity contribution in [3.63, 3.8) is 0 Å². The van der Waals surface area contributed by atoms with Crippen LogP contribution in [0.15, 0.2) is 0 Å². The molecule has 1 aliphatic heterocycles. The Bertz CT molecular complexity index is 175. The Morgan fingerprint density at radius 1 is 1.54 bits per heavy atom. The van der Waals surface area contributed by atoms with Crippen molar-refractivity contribution in [1.29, 1.82) is 5.26 Å². The summed E-state index contributed by atoms with van der Waals surface area (Å²) < 4.78 is 0. The third-order valence-electron chi connectivity index (χ3n) is 2.92. The van der Waals surface area contributed by atoms with E-state index in [9.17, 15) is 0 Å². The predicted molar refractivity (Wildman–Crippen MR) is 53.0 cm³/mol. The molecule has 1 fully saturated rings. The van der Waals surface area contributed by atoms with E-state index in [1.807, 2.05) is 0 Å². The number of likely N-dealkylation sites (tertiary alicyclic amines) is 1. The molecule has 3 nitrogen and oxygen atoms in total. The zero-order valence-corrected chi connectivity index (χ0v) is 8.37. The van der Waals surface area contributed by atoms with Gasteiger partial charge in [-0.05, 0) is 38.8 Å². The summed E-state index contributed by atoms with van der Waals surface area (Å²) in [4.78, 5) is 2.36. The van der Waals surface area contributed by atoms with Gasteiger partial charge in [0.15, 0.2) is 0 Å². The fourth-order valence-corrected chi connectivity index (χ4v) is 1.91. The maximum absolute atomic E-state index is 8.44. The van der Waals surface area contributed by atoms with Crippen LogP contribution in [0.4, 0.5) is 0 Å². The largest absolute Gasteiger partial charge is 0.328 e. The number of nitrogens with two attached hydrogens (primary N) is 1. The predicted octanol–water partition coefficient (Wildman–Crippen LogP) is 0.959. The zero-order chi connectivity index (χ0) is 9.68. The van der Waals surface area contributed by atoms with Crippen molar-refractivity contribution >= 4 is 0 Å². The summed E-state index contributed by atoms with van der Waals surface area (Å²) in [6.45, 7) is 5.26. The van der Waals surface area contributed by atoms with Gasteiger partial charge < -0.3 is 10.6 Å². The first-order chi connectivity index (χ1) is 6.24. The normalized spacial score (nSPS) is 22.5. The van der Waals surface area contributed by atoms with Crippen LogP contribution in [0.25, 0.3) is 0 Å². The summed E-state index contributed by atoms with van der Waals surface area (Å²) in [5.41, 5.74) is 5.84. The molecule has 0 amide bonds. The van der Waals surface area contributed by atoms with Gasteiger partial charge in [-0.3, -0.25) is 0 Å². The number of hydrogen-bond donors (Lipinski definition) is 1. The van der Waals surface area contributed by atoms with Gasteiger partial charge in [0.2, 0.25) is 0 Å². The SMILES string of the molecule is CC(N)C1CCN(CCC#N)CC1. The van der Waals surface area contributed by atoms with Gasteiger partial charge in [-0.15, -0.1) is 0 Å². The van der Waals surface area contributed by atoms with Gasteiger partial charge in [0.05, 0.1) is 6.07 Å². The third-order valence-corrected chi connectivity index (χ3v) is 2.92. The highest BCUT2D eigenvalue weighted by molar-refractivity contribution is 4.79. The fourth-order valence-electron chi connectivity index (χ4n) is 1.91. The average molecular weight is 181 g/mol. The standard InChI is InChI=1S/C10H19N3/c1-9(12)10-3-7-13(8-4-10)6-2-5-11/h9-10H,2-4,6-8,12H2,1H3. The van der Waals surface area contributed by atoms with E-state index in [0.29, 0.717) is 18.4 Å². The van der Waals surface area contributed by atoms with E-state index in [0.717, 1.165) is 19.6 Å². The van der Waals surface area contributed by atoms with Gasteiger partial charge in [0, 0.05) is 19.0 Å².